The van der Waals surface area contributed by atoms with Gasteiger partial charge in [-0.3, -0.25) is 4.98 Å². The van der Waals surface area contributed by atoms with E-state index in [0.29, 0.717) is 18.5 Å². The third-order valence-corrected chi connectivity index (χ3v) is 5.67. The van der Waals surface area contributed by atoms with Crippen molar-refractivity contribution in [2.75, 3.05) is 10.6 Å². The van der Waals surface area contributed by atoms with Crippen LogP contribution in [0.1, 0.15) is 52.1 Å². The fourth-order valence-corrected chi connectivity index (χ4v) is 3.67. The highest BCUT2D eigenvalue weighted by Crippen LogP contribution is 2.25. The summed E-state index contributed by atoms with van der Waals surface area (Å²) in [5, 5.41) is 6.96. The van der Waals surface area contributed by atoms with E-state index in [1.807, 2.05) is 30.7 Å². The molecular weight excluding hydrogens is 398 g/mol. The molecule has 4 rings (SSSR count). The van der Waals surface area contributed by atoms with Crippen molar-refractivity contribution >= 4 is 22.9 Å². The monoisotopic (exact) mass is 429 g/mol. The Labute approximate surface area is 189 Å². The number of rotatable bonds is 9. The van der Waals surface area contributed by atoms with E-state index in [2.05, 4.69) is 77.1 Å². The number of anilines is 2. The molecule has 1 aromatic carbocycles. The average Bonchev–Trinajstić information content (AvgIpc) is 3.26. The van der Waals surface area contributed by atoms with Gasteiger partial charge in [-0.2, -0.15) is 9.97 Å². The molecule has 3 aromatic heterocycles. The largest absolute Gasteiger partial charge is 0.364 e. The van der Waals surface area contributed by atoms with Crippen LogP contribution in [0.3, 0.4) is 0 Å². The quantitative estimate of drug-likeness (QED) is 0.356. The second kappa shape index (κ2) is 9.77. The van der Waals surface area contributed by atoms with E-state index in [4.69, 9.17) is 9.97 Å². The number of pyridine rings is 1. The second-order valence-corrected chi connectivity index (χ2v) is 8.24. The summed E-state index contributed by atoms with van der Waals surface area (Å²) in [5.74, 6) is 1.39. The fraction of sp³-hybridized carbons (Fsp3) is 0.360. The van der Waals surface area contributed by atoms with Crippen molar-refractivity contribution in [3.8, 4) is 11.3 Å². The van der Waals surface area contributed by atoms with Gasteiger partial charge < -0.3 is 15.2 Å². The Morgan fingerprint density at radius 1 is 0.938 bits per heavy atom. The van der Waals surface area contributed by atoms with Crippen LogP contribution in [0.2, 0.25) is 0 Å². The van der Waals surface area contributed by atoms with Crippen LogP contribution in [0.5, 0.6) is 0 Å². The maximum Gasteiger partial charge on any atom is 0.227 e. The van der Waals surface area contributed by atoms with Gasteiger partial charge in [-0.05, 0) is 44.4 Å². The van der Waals surface area contributed by atoms with E-state index >= 15 is 0 Å². The molecule has 0 saturated heterocycles. The van der Waals surface area contributed by atoms with E-state index in [9.17, 15) is 0 Å². The summed E-state index contributed by atoms with van der Waals surface area (Å²) in [7, 11) is 0. The molecule has 0 spiro atoms. The summed E-state index contributed by atoms with van der Waals surface area (Å²) >= 11 is 0. The third kappa shape index (κ3) is 4.72. The van der Waals surface area contributed by atoms with Crippen LogP contribution in [0, 0.1) is 0 Å². The van der Waals surface area contributed by atoms with E-state index in [0.717, 1.165) is 46.6 Å². The molecule has 4 aromatic rings. The molecular formula is C25H31N7. The van der Waals surface area contributed by atoms with E-state index in [-0.39, 0.29) is 6.04 Å². The minimum absolute atomic E-state index is 0.267. The minimum Gasteiger partial charge on any atom is -0.364 e. The lowest BCUT2D eigenvalue weighted by molar-refractivity contribution is 0.612. The smallest absolute Gasteiger partial charge is 0.227 e. The highest BCUT2D eigenvalue weighted by Gasteiger charge is 2.16. The number of fused-ring (bicyclic) bond motifs is 1. The van der Waals surface area contributed by atoms with Gasteiger partial charge in [0.05, 0.1) is 12.0 Å². The van der Waals surface area contributed by atoms with E-state index in [1.165, 1.54) is 0 Å². The first-order valence-electron chi connectivity index (χ1n) is 11.3. The van der Waals surface area contributed by atoms with Crippen molar-refractivity contribution in [2.24, 2.45) is 0 Å². The summed E-state index contributed by atoms with van der Waals surface area (Å²) in [4.78, 5) is 18.6. The predicted octanol–water partition coefficient (Wildman–Crippen LogP) is 5.68. The van der Waals surface area contributed by atoms with Crippen LogP contribution in [0.15, 0.2) is 55.0 Å². The van der Waals surface area contributed by atoms with Gasteiger partial charge in [0.2, 0.25) is 5.95 Å². The fourth-order valence-electron chi connectivity index (χ4n) is 3.67. The standard InChI is InChI=1S/C25H31N7/c1-5-20(6-2)29-25-30-23(22-24(31-25)32(16-28-22)17(3)4)27-15-18-10-12-19(13-11-18)21-9-7-8-14-26-21/h7-14,16-17,20H,5-6,15H2,1-4H3,(H2,27,29,30,31). The van der Waals surface area contributed by atoms with Gasteiger partial charge in [0.15, 0.2) is 17.0 Å². The highest BCUT2D eigenvalue weighted by atomic mass is 15.2. The van der Waals surface area contributed by atoms with Crippen molar-refractivity contribution in [2.45, 2.75) is 59.2 Å². The molecule has 2 N–H and O–H groups in total. The summed E-state index contributed by atoms with van der Waals surface area (Å²) in [6.07, 6.45) is 5.70. The molecule has 3 heterocycles. The topological polar surface area (TPSA) is 80.5 Å². The number of nitrogens with one attached hydrogen (secondary N) is 2. The van der Waals surface area contributed by atoms with Gasteiger partial charge in [0, 0.05) is 30.4 Å². The number of imidazole rings is 1. The maximum absolute atomic E-state index is 4.78. The molecule has 32 heavy (non-hydrogen) atoms. The Kier molecular flexibility index (Phi) is 6.63. The van der Waals surface area contributed by atoms with Crippen LogP contribution in [-0.2, 0) is 6.54 Å². The molecule has 0 bridgehead atoms. The molecule has 0 atom stereocenters. The Morgan fingerprint density at radius 3 is 2.38 bits per heavy atom. The molecule has 0 aliphatic rings. The van der Waals surface area contributed by atoms with Gasteiger partial charge in [-0.15, -0.1) is 0 Å². The van der Waals surface area contributed by atoms with Crippen LogP contribution in [-0.4, -0.2) is 30.5 Å². The number of hydrogen-bond acceptors (Lipinski definition) is 6. The van der Waals surface area contributed by atoms with Gasteiger partial charge in [-0.25, -0.2) is 4.98 Å². The molecule has 7 nitrogen and oxygen atoms in total. The van der Waals surface area contributed by atoms with E-state index < -0.39 is 0 Å². The molecule has 0 radical (unpaired) electrons. The normalized spacial score (nSPS) is 11.4. The second-order valence-electron chi connectivity index (χ2n) is 8.24. The first kappa shape index (κ1) is 21.7. The number of benzene rings is 1. The van der Waals surface area contributed by atoms with Crippen molar-refractivity contribution in [3.05, 3.63) is 60.6 Å². The highest BCUT2D eigenvalue weighted by molar-refractivity contribution is 5.84. The van der Waals surface area contributed by atoms with Crippen molar-refractivity contribution in [1.29, 1.82) is 0 Å². The van der Waals surface area contributed by atoms with Crippen LogP contribution in [0.25, 0.3) is 22.4 Å². The zero-order chi connectivity index (χ0) is 22.5. The number of hydrogen-bond donors (Lipinski definition) is 2. The predicted molar refractivity (Wildman–Crippen MR) is 131 cm³/mol. The summed E-state index contributed by atoms with van der Waals surface area (Å²) in [6.45, 7) is 9.26. The molecule has 0 aliphatic heterocycles. The van der Waals surface area contributed by atoms with Gasteiger partial charge in [0.1, 0.15) is 0 Å². The maximum atomic E-state index is 4.78. The lowest BCUT2D eigenvalue weighted by Crippen LogP contribution is -2.19. The summed E-state index contributed by atoms with van der Waals surface area (Å²) < 4.78 is 2.09. The molecule has 0 amide bonds. The Balaban J connectivity index is 1.58. The molecule has 0 unspecified atom stereocenters. The Morgan fingerprint density at radius 2 is 1.72 bits per heavy atom. The van der Waals surface area contributed by atoms with E-state index in [1.54, 1.807) is 0 Å². The van der Waals surface area contributed by atoms with Crippen LogP contribution >= 0.6 is 0 Å². The Hall–Kier alpha value is -3.48. The van der Waals surface area contributed by atoms with Gasteiger partial charge >= 0.3 is 0 Å². The van der Waals surface area contributed by atoms with Gasteiger partial charge in [0.25, 0.3) is 0 Å². The minimum atomic E-state index is 0.267. The van der Waals surface area contributed by atoms with Gasteiger partial charge in [-0.1, -0.05) is 44.2 Å². The van der Waals surface area contributed by atoms with Crippen molar-refractivity contribution in [1.82, 2.24) is 24.5 Å². The first-order chi connectivity index (χ1) is 15.6. The SMILES string of the molecule is CCC(CC)Nc1nc(NCc2ccc(-c3ccccn3)cc2)c2ncn(C(C)C)c2n1. The summed E-state index contributed by atoms with van der Waals surface area (Å²) in [5.41, 5.74) is 4.87. The molecule has 0 fully saturated rings. The third-order valence-electron chi connectivity index (χ3n) is 5.67. The first-order valence-corrected chi connectivity index (χ1v) is 11.3. The van der Waals surface area contributed by atoms with Crippen LogP contribution in [0.4, 0.5) is 11.8 Å². The van der Waals surface area contributed by atoms with Crippen LogP contribution < -0.4 is 10.6 Å². The summed E-state index contributed by atoms with van der Waals surface area (Å²) in [6, 6.07) is 15.0. The van der Waals surface area contributed by atoms with Crippen molar-refractivity contribution in [3.63, 3.8) is 0 Å². The Bertz CT molecular complexity index is 1150. The molecule has 166 valence electrons. The lowest BCUT2D eigenvalue weighted by Gasteiger charge is -2.16. The molecule has 0 aliphatic carbocycles. The lowest BCUT2D eigenvalue weighted by atomic mass is 10.1. The number of nitrogens with zero attached hydrogens (tertiary/aromatic N) is 5. The molecule has 0 saturated carbocycles. The zero-order valence-electron chi connectivity index (χ0n) is 19.2. The van der Waals surface area contributed by atoms with Crippen molar-refractivity contribution < 1.29 is 0 Å². The molecule has 7 heteroatoms. The average molecular weight is 430 g/mol. The number of aromatic nitrogens is 5. The zero-order valence-corrected chi connectivity index (χ0v) is 19.2.